The lowest BCUT2D eigenvalue weighted by Gasteiger charge is -2.23. The molecule has 54 heavy (non-hydrogen) atoms. The van der Waals surface area contributed by atoms with E-state index in [1.165, 1.54) is 87.9 Å². The summed E-state index contributed by atoms with van der Waals surface area (Å²) in [5.41, 5.74) is 6.35. The summed E-state index contributed by atoms with van der Waals surface area (Å²) in [5, 5.41) is 35.2. The van der Waals surface area contributed by atoms with Crippen LogP contribution in [-0.2, 0) is 29.7 Å². The van der Waals surface area contributed by atoms with Crippen molar-refractivity contribution in [2.45, 2.75) is 146 Å². The molecule has 4 N–H and O–H groups in total. The van der Waals surface area contributed by atoms with Gasteiger partial charge >= 0.3 is 7.82 Å². The van der Waals surface area contributed by atoms with E-state index in [0.29, 0.717) is 33.8 Å². The van der Waals surface area contributed by atoms with E-state index in [9.17, 15) is 25.1 Å². The van der Waals surface area contributed by atoms with Crippen LogP contribution in [0.5, 0.6) is 0 Å². The van der Waals surface area contributed by atoms with Gasteiger partial charge in [-0.05, 0) is 42.3 Å². The van der Waals surface area contributed by atoms with Crippen LogP contribution < -0.4 is 5.73 Å². The number of aliphatic hydroxyl groups excluding tert-OH is 1. The third-order valence-electron chi connectivity index (χ3n) is 10.5. The highest BCUT2D eigenvalue weighted by atomic mass is 35.5. The number of nitriles is 2. The van der Waals surface area contributed by atoms with Crippen molar-refractivity contribution in [2.75, 3.05) is 12.3 Å². The Kier molecular flexibility index (Phi) is 15.7. The van der Waals surface area contributed by atoms with Crippen LogP contribution >= 0.6 is 19.4 Å². The second kappa shape index (κ2) is 20.2. The molecule has 2 aliphatic rings. The van der Waals surface area contributed by atoms with Gasteiger partial charge < -0.3 is 25.2 Å². The largest absolute Gasteiger partial charge is 0.472 e. The lowest BCUT2D eigenvalue weighted by atomic mass is 10.0. The summed E-state index contributed by atoms with van der Waals surface area (Å²) in [5.74, 6) is -0.657. The highest BCUT2D eigenvalue weighted by Crippen LogP contribution is 2.65. The standard InChI is InChI=1S/C39H54ClN6O7P/c1-2-3-4-5-6-7-8-9-10-11-12-13-14-15-16-17-31(50-24-29-20-28(23-41)21-30(40)22-29)25-51-54(48,49)53-37-34-35(47)36(52-39(34,37)26-42)32-18-19-33-38(43)44-27-45-46(32)33/h18-22,27,31,34-37,47H,2-17,24-25H2,1H3,(H,48,49)(H2,43,44,45)/t31-,34?,35-,36+,37?,39+/m1/s1. The molecule has 7 atom stereocenters. The number of hydrogen-bond acceptors (Lipinski definition) is 11. The Hall–Kier alpha value is -3.10. The highest BCUT2D eigenvalue weighted by Gasteiger charge is 2.79. The molecular formula is C39H54ClN6O7P. The van der Waals surface area contributed by atoms with E-state index in [2.05, 4.69) is 23.1 Å². The number of ether oxygens (including phenoxy) is 2. The summed E-state index contributed by atoms with van der Waals surface area (Å²) in [6.07, 6.45) is 16.5. The van der Waals surface area contributed by atoms with Crippen LogP contribution in [0.15, 0.2) is 36.7 Å². The third-order valence-corrected chi connectivity index (χ3v) is 11.7. The maximum atomic E-state index is 13.2. The second-order valence-corrected chi connectivity index (χ2v) is 16.4. The Morgan fingerprint density at radius 2 is 1.67 bits per heavy atom. The minimum Gasteiger partial charge on any atom is -0.389 e. The summed E-state index contributed by atoms with van der Waals surface area (Å²) in [4.78, 5) is 14.7. The number of nitrogen functional groups attached to an aromatic ring is 1. The quantitative estimate of drug-likeness (QED) is 0.0548. The van der Waals surface area contributed by atoms with Crippen LogP contribution in [0.2, 0.25) is 5.02 Å². The number of fused-ring (bicyclic) bond motifs is 2. The lowest BCUT2D eigenvalue weighted by molar-refractivity contribution is -0.0561. The SMILES string of the molecule is CCCCCCCCCCCCCCCCC[C@H](COP(=O)(O)OC1C2[C@@H](O)[C@H](c3ccc4c(N)ncnn34)O[C@]12C#N)OCc1cc(Cl)cc(C#N)c1. The number of unbranched alkanes of at least 4 members (excludes halogenated alkanes) is 14. The van der Waals surface area contributed by atoms with Gasteiger partial charge in [-0.15, -0.1) is 0 Å². The molecule has 2 aromatic heterocycles. The Bertz CT molecular complexity index is 1800. The van der Waals surface area contributed by atoms with Crippen LogP contribution in [-0.4, -0.2) is 55.1 Å². The van der Waals surface area contributed by atoms with Crippen molar-refractivity contribution in [3.63, 3.8) is 0 Å². The van der Waals surface area contributed by atoms with Crippen molar-refractivity contribution < 1.29 is 33.1 Å². The molecule has 15 heteroatoms. The van der Waals surface area contributed by atoms with E-state index >= 15 is 0 Å². The Labute approximate surface area is 323 Å². The molecule has 0 bridgehead atoms. The van der Waals surface area contributed by atoms with E-state index in [-0.39, 0.29) is 19.0 Å². The number of anilines is 1. The molecule has 3 unspecified atom stereocenters. The number of rotatable bonds is 25. The summed E-state index contributed by atoms with van der Waals surface area (Å²) in [6, 6.07) is 12.4. The molecule has 1 aromatic carbocycles. The van der Waals surface area contributed by atoms with Crippen LogP contribution in [0.1, 0.15) is 133 Å². The Morgan fingerprint density at radius 1 is 1.02 bits per heavy atom. The summed E-state index contributed by atoms with van der Waals surface area (Å²) in [6.45, 7) is 2.12. The fourth-order valence-electron chi connectivity index (χ4n) is 7.46. The molecule has 2 fully saturated rings. The first-order valence-electron chi connectivity index (χ1n) is 19.4. The first-order valence-corrected chi connectivity index (χ1v) is 21.3. The van der Waals surface area contributed by atoms with Crippen LogP contribution in [0.3, 0.4) is 0 Å². The van der Waals surface area contributed by atoms with Crippen molar-refractivity contribution in [1.29, 1.82) is 10.5 Å². The van der Waals surface area contributed by atoms with E-state index < -0.39 is 43.8 Å². The van der Waals surface area contributed by atoms with Crippen molar-refractivity contribution >= 4 is 30.8 Å². The number of phosphoric acid groups is 1. The molecule has 1 saturated carbocycles. The van der Waals surface area contributed by atoms with E-state index in [4.69, 9.17) is 35.9 Å². The molecule has 1 aliphatic heterocycles. The van der Waals surface area contributed by atoms with Gasteiger partial charge in [-0.3, -0.25) is 9.05 Å². The second-order valence-electron chi connectivity index (χ2n) is 14.6. The first-order chi connectivity index (χ1) is 26.1. The minimum absolute atomic E-state index is 0.118. The van der Waals surface area contributed by atoms with Gasteiger partial charge in [0.25, 0.3) is 0 Å². The molecule has 1 saturated heterocycles. The van der Waals surface area contributed by atoms with Crippen molar-refractivity contribution in [3.8, 4) is 12.1 Å². The van der Waals surface area contributed by atoms with Crippen LogP contribution in [0.25, 0.3) is 5.52 Å². The zero-order valence-electron chi connectivity index (χ0n) is 31.2. The Morgan fingerprint density at radius 3 is 2.28 bits per heavy atom. The molecule has 3 aromatic rings. The van der Waals surface area contributed by atoms with Crippen molar-refractivity contribution in [3.05, 3.63) is 58.5 Å². The normalized spacial score (nSPS) is 23.4. The monoisotopic (exact) mass is 784 g/mol. The number of nitrogens with two attached hydrogens (primary N) is 1. The molecule has 0 spiro atoms. The summed E-state index contributed by atoms with van der Waals surface area (Å²) >= 11 is 6.19. The third kappa shape index (κ3) is 11.0. The molecule has 294 valence electrons. The van der Waals surface area contributed by atoms with Gasteiger partial charge in [0.2, 0.25) is 0 Å². The first kappa shape index (κ1) is 42.1. The number of benzene rings is 1. The maximum absolute atomic E-state index is 13.2. The van der Waals surface area contributed by atoms with Crippen molar-refractivity contribution in [2.24, 2.45) is 5.92 Å². The summed E-state index contributed by atoms with van der Waals surface area (Å²) < 4.78 is 37.7. The minimum atomic E-state index is -4.72. The average molecular weight is 785 g/mol. The van der Waals surface area contributed by atoms with Gasteiger partial charge in [0, 0.05) is 5.02 Å². The number of aliphatic hydroxyl groups is 1. The molecule has 1 aliphatic carbocycles. The van der Waals surface area contributed by atoms with Gasteiger partial charge in [-0.25, -0.2) is 14.1 Å². The predicted octanol–water partition coefficient (Wildman–Crippen LogP) is 8.51. The zero-order chi connectivity index (χ0) is 38.6. The fourth-order valence-corrected chi connectivity index (χ4v) is 8.71. The number of aromatic nitrogens is 3. The number of nitrogens with zero attached hydrogens (tertiary/aromatic N) is 5. The van der Waals surface area contributed by atoms with E-state index in [1.807, 2.05) is 6.07 Å². The van der Waals surface area contributed by atoms with Crippen molar-refractivity contribution in [1.82, 2.24) is 14.6 Å². The number of halogens is 1. The molecule has 13 nitrogen and oxygen atoms in total. The van der Waals surface area contributed by atoms with Gasteiger partial charge in [0.15, 0.2) is 11.4 Å². The molecule has 0 radical (unpaired) electrons. The smallest absolute Gasteiger partial charge is 0.389 e. The molecule has 0 amide bonds. The van der Waals surface area contributed by atoms with Crippen LogP contribution in [0, 0.1) is 28.6 Å². The van der Waals surface area contributed by atoms with Gasteiger partial charge in [0.05, 0.1) is 48.7 Å². The highest BCUT2D eigenvalue weighted by molar-refractivity contribution is 7.47. The lowest BCUT2D eigenvalue weighted by Crippen LogP contribution is -2.26. The predicted molar refractivity (Wildman–Crippen MR) is 204 cm³/mol. The topological polar surface area (TPSA) is 198 Å². The van der Waals surface area contributed by atoms with Crippen LogP contribution in [0.4, 0.5) is 5.82 Å². The average Bonchev–Trinajstić information content (AvgIpc) is 3.38. The Balaban J connectivity index is 1.08. The molecule has 3 heterocycles. The van der Waals surface area contributed by atoms with E-state index in [1.54, 1.807) is 30.3 Å². The van der Waals surface area contributed by atoms with E-state index in [0.717, 1.165) is 19.3 Å². The summed E-state index contributed by atoms with van der Waals surface area (Å²) in [7, 11) is -4.72. The number of phosphoric ester groups is 1. The number of hydrogen-bond donors (Lipinski definition) is 3. The molecule has 5 rings (SSSR count). The van der Waals surface area contributed by atoms with Gasteiger partial charge in [0.1, 0.15) is 30.1 Å². The fraction of sp³-hybridized carbons (Fsp3) is 0.641. The van der Waals surface area contributed by atoms with Gasteiger partial charge in [-0.1, -0.05) is 115 Å². The molecular weight excluding hydrogens is 731 g/mol. The van der Waals surface area contributed by atoms with Gasteiger partial charge in [-0.2, -0.15) is 15.6 Å². The maximum Gasteiger partial charge on any atom is 0.472 e. The zero-order valence-corrected chi connectivity index (χ0v) is 32.8.